The largest absolute Gasteiger partial charge is 0.497 e. The van der Waals surface area contributed by atoms with E-state index in [9.17, 15) is 14.4 Å². The minimum Gasteiger partial charge on any atom is -0.497 e. The molecule has 0 unspecified atom stereocenters. The van der Waals surface area contributed by atoms with Gasteiger partial charge in [0.05, 0.1) is 12.7 Å². The summed E-state index contributed by atoms with van der Waals surface area (Å²) in [7, 11) is 4.67. The van der Waals surface area contributed by atoms with E-state index >= 15 is 0 Å². The van der Waals surface area contributed by atoms with Crippen molar-refractivity contribution in [1.82, 2.24) is 9.13 Å². The zero-order chi connectivity index (χ0) is 19.3. The average Bonchev–Trinajstić information content (AvgIpc) is 2.69. The van der Waals surface area contributed by atoms with Crippen LogP contribution in [0.15, 0.2) is 45.1 Å². The number of anilines is 1. The Bertz CT molecular complexity index is 1110. The summed E-state index contributed by atoms with van der Waals surface area (Å²) >= 11 is 0. The lowest BCUT2D eigenvalue weighted by Gasteiger charge is -2.34. The number of nitrogens with zero attached hydrogens (tertiary/aromatic N) is 2. The van der Waals surface area contributed by atoms with Gasteiger partial charge >= 0.3 is 5.69 Å². The van der Waals surface area contributed by atoms with Gasteiger partial charge in [-0.05, 0) is 30.5 Å². The molecule has 0 radical (unpaired) electrons. The van der Waals surface area contributed by atoms with E-state index in [1.807, 2.05) is 24.3 Å². The van der Waals surface area contributed by atoms with E-state index in [2.05, 4.69) is 5.32 Å². The molecule has 0 saturated carbocycles. The molecule has 1 aliphatic carbocycles. The Kier molecular flexibility index (Phi) is 4.02. The standard InChI is InChI=1S/C20H21N3O4/c1-22-18-17(19(25)23(2)20(22)26)15(11-6-4-7-12(10-11)27-3)16-13(21-18)8-5-9-14(16)24/h4,6-7,10,15,21H,5,8-9H2,1-3H3/t15-/m0/s1. The molecule has 27 heavy (non-hydrogen) atoms. The SMILES string of the molecule is COc1cccc([C@H]2C3=C(CCCC3=O)Nc3c2c(=O)n(C)c(=O)n3C)c1. The van der Waals surface area contributed by atoms with Gasteiger partial charge in [-0.15, -0.1) is 0 Å². The Hall–Kier alpha value is -3.09. The van der Waals surface area contributed by atoms with Gasteiger partial charge < -0.3 is 10.1 Å². The van der Waals surface area contributed by atoms with Crippen LogP contribution in [0.4, 0.5) is 5.82 Å². The first-order chi connectivity index (χ1) is 12.9. The molecule has 1 aliphatic heterocycles. The van der Waals surface area contributed by atoms with Crippen molar-refractivity contribution >= 4 is 11.6 Å². The quantitative estimate of drug-likeness (QED) is 0.873. The first-order valence-corrected chi connectivity index (χ1v) is 8.91. The summed E-state index contributed by atoms with van der Waals surface area (Å²) in [5.41, 5.74) is 1.85. The Morgan fingerprint density at radius 1 is 1.11 bits per heavy atom. The van der Waals surface area contributed by atoms with Crippen LogP contribution in [-0.2, 0) is 18.9 Å². The van der Waals surface area contributed by atoms with Crippen molar-refractivity contribution in [2.45, 2.75) is 25.2 Å². The highest BCUT2D eigenvalue weighted by atomic mass is 16.5. The van der Waals surface area contributed by atoms with Crippen molar-refractivity contribution in [3.63, 3.8) is 0 Å². The zero-order valence-electron chi connectivity index (χ0n) is 15.5. The number of ether oxygens (including phenoxy) is 1. The highest BCUT2D eigenvalue weighted by molar-refractivity contribution is 6.00. The van der Waals surface area contributed by atoms with E-state index in [0.29, 0.717) is 35.5 Å². The van der Waals surface area contributed by atoms with Crippen LogP contribution in [0.2, 0.25) is 0 Å². The molecule has 4 rings (SSSR count). The molecule has 2 aliphatic rings. The van der Waals surface area contributed by atoms with E-state index in [4.69, 9.17) is 4.74 Å². The number of carbonyl (C=O) groups is 1. The van der Waals surface area contributed by atoms with E-state index in [-0.39, 0.29) is 5.78 Å². The molecule has 140 valence electrons. The summed E-state index contributed by atoms with van der Waals surface area (Å²) in [5.74, 6) is 0.631. The summed E-state index contributed by atoms with van der Waals surface area (Å²) in [6, 6.07) is 7.40. The van der Waals surface area contributed by atoms with Crippen LogP contribution in [0.1, 0.15) is 36.3 Å². The number of benzene rings is 1. The van der Waals surface area contributed by atoms with Crippen molar-refractivity contribution in [3.05, 3.63) is 67.5 Å². The lowest BCUT2D eigenvalue weighted by molar-refractivity contribution is -0.116. The summed E-state index contributed by atoms with van der Waals surface area (Å²) in [6.45, 7) is 0. The van der Waals surface area contributed by atoms with E-state index in [1.165, 1.54) is 11.6 Å². The predicted octanol–water partition coefficient (Wildman–Crippen LogP) is 1.66. The molecular formula is C20H21N3O4. The van der Waals surface area contributed by atoms with Crippen molar-refractivity contribution in [1.29, 1.82) is 0 Å². The molecule has 0 fully saturated rings. The maximum absolute atomic E-state index is 13.1. The number of methoxy groups -OCH3 is 1. The Morgan fingerprint density at radius 3 is 2.63 bits per heavy atom. The molecule has 0 amide bonds. The number of hydrogen-bond donors (Lipinski definition) is 1. The highest BCUT2D eigenvalue weighted by Gasteiger charge is 2.38. The molecule has 2 aromatic rings. The monoisotopic (exact) mass is 367 g/mol. The lowest BCUT2D eigenvalue weighted by atomic mass is 9.76. The summed E-state index contributed by atoms with van der Waals surface area (Å²) in [4.78, 5) is 38.3. The maximum Gasteiger partial charge on any atom is 0.332 e. The van der Waals surface area contributed by atoms with Gasteiger partial charge in [0.25, 0.3) is 5.56 Å². The Labute approximate surface area is 155 Å². The normalized spacial score (nSPS) is 18.6. The number of Topliss-reactive ketones (excluding diaryl/α,β-unsaturated/α-hetero) is 1. The number of nitrogens with one attached hydrogen (secondary N) is 1. The third-order valence-corrected chi connectivity index (χ3v) is 5.43. The minimum atomic E-state index is -0.523. The van der Waals surface area contributed by atoms with Gasteiger partial charge in [-0.1, -0.05) is 12.1 Å². The molecule has 0 bridgehead atoms. The smallest absolute Gasteiger partial charge is 0.332 e. The van der Waals surface area contributed by atoms with Crippen molar-refractivity contribution in [3.8, 4) is 5.75 Å². The number of carbonyl (C=O) groups excluding carboxylic acids is 1. The number of ketones is 1. The van der Waals surface area contributed by atoms with Crippen molar-refractivity contribution < 1.29 is 9.53 Å². The molecule has 1 aromatic carbocycles. The minimum absolute atomic E-state index is 0.0399. The third-order valence-electron chi connectivity index (χ3n) is 5.43. The molecule has 2 heterocycles. The number of allylic oxidation sites excluding steroid dienone is 2. The van der Waals surface area contributed by atoms with E-state index < -0.39 is 17.2 Å². The molecule has 0 saturated heterocycles. The maximum atomic E-state index is 13.1. The third kappa shape index (κ3) is 2.53. The second kappa shape index (κ2) is 6.26. The summed E-state index contributed by atoms with van der Waals surface area (Å²) in [5, 5.41) is 3.21. The zero-order valence-corrected chi connectivity index (χ0v) is 15.5. The average molecular weight is 367 g/mol. The van der Waals surface area contributed by atoms with Crippen LogP contribution in [-0.4, -0.2) is 22.0 Å². The fraction of sp³-hybridized carbons (Fsp3) is 0.350. The second-order valence-electron chi connectivity index (χ2n) is 6.97. The van der Waals surface area contributed by atoms with Crippen LogP contribution in [0.3, 0.4) is 0 Å². The first-order valence-electron chi connectivity index (χ1n) is 8.91. The fourth-order valence-corrected chi connectivity index (χ4v) is 4.05. The second-order valence-corrected chi connectivity index (χ2v) is 6.97. The summed E-state index contributed by atoms with van der Waals surface area (Å²) in [6.07, 6.45) is 1.93. The lowest BCUT2D eigenvalue weighted by Crippen LogP contribution is -2.44. The molecule has 1 N–H and O–H groups in total. The van der Waals surface area contributed by atoms with E-state index in [0.717, 1.165) is 22.2 Å². The Morgan fingerprint density at radius 2 is 1.89 bits per heavy atom. The fourth-order valence-electron chi connectivity index (χ4n) is 4.05. The van der Waals surface area contributed by atoms with Crippen LogP contribution < -0.4 is 21.3 Å². The predicted molar refractivity (Wildman–Crippen MR) is 101 cm³/mol. The topological polar surface area (TPSA) is 82.3 Å². The van der Waals surface area contributed by atoms with Crippen LogP contribution in [0.25, 0.3) is 0 Å². The highest BCUT2D eigenvalue weighted by Crippen LogP contribution is 2.43. The molecule has 1 aromatic heterocycles. The number of hydrogen-bond acceptors (Lipinski definition) is 5. The molecule has 0 spiro atoms. The first kappa shape index (κ1) is 17.3. The Balaban J connectivity index is 2.08. The van der Waals surface area contributed by atoms with Crippen molar-refractivity contribution in [2.75, 3.05) is 12.4 Å². The molecule has 7 heteroatoms. The van der Waals surface area contributed by atoms with Gasteiger partial charge in [-0.3, -0.25) is 18.7 Å². The van der Waals surface area contributed by atoms with Gasteiger partial charge in [0.1, 0.15) is 11.6 Å². The van der Waals surface area contributed by atoms with E-state index in [1.54, 1.807) is 14.2 Å². The molecular weight excluding hydrogens is 346 g/mol. The van der Waals surface area contributed by atoms with Crippen molar-refractivity contribution in [2.24, 2.45) is 14.1 Å². The van der Waals surface area contributed by atoms with Crippen LogP contribution in [0, 0.1) is 0 Å². The van der Waals surface area contributed by atoms with Gasteiger partial charge in [0.2, 0.25) is 0 Å². The number of fused-ring (bicyclic) bond motifs is 1. The van der Waals surface area contributed by atoms with Gasteiger partial charge in [-0.25, -0.2) is 4.79 Å². The number of aromatic nitrogens is 2. The summed E-state index contributed by atoms with van der Waals surface area (Å²) < 4.78 is 7.87. The molecule has 7 nitrogen and oxygen atoms in total. The van der Waals surface area contributed by atoms with Crippen LogP contribution in [0.5, 0.6) is 5.75 Å². The van der Waals surface area contributed by atoms with Crippen LogP contribution >= 0.6 is 0 Å². The van der Waals surface area contributed by atoms with Gasteiger partial charge in [0.15, 0.2) is 5.78 Å². The molecule has 1 atom stereocenters. The van der Waals surface area contributed by atoms with Gasteiger partial charge in [0, 0.05) is 37.7 Å². The number of rotatable bonds is 2. The van der Waals surface area contributed by atoms with Gasteiger partial charge in [-0.2, -0.15) is 0 Å².